The molecule has 1 saturated carbocycles. The number of benzene rings is 1. The molecule has 1 aliphatic heterocycles. The molecule has 0 aromatic heterocycles. The number of carbonyl (C=O) groups excluding carboxylic acids is 1. The molecule has 1 heterocycles. The highest BCUT2D eigenvalue weighted by Gasteiger charge is 2.53. The van der Waals surface area contributed by atoms with Crippen LogP contribution < -0.4 is 5.73 Å². The van der Waals surface area contributed by atoms with Gasteiger partial charge in [0.15, 0.2) is 0 Å². The third-order valence-electron chi connectivity index (χ3n) is 5.09. The third-order valence-corrected chi connectivity index (χ3v) is 6.99. The Bertz CT molecular complexity index is 757. The quantitative estimate of drug-likeness (QED) is 0.920. The highest BCUT2D eigenvalue weighted by atomic mass is 32.2. The van der Waals surface area contributed by atoms with Crippen LogP contribution in [-0.4, -0.2) is 31.2 Å². The highest BCUT2D eigenvalue weighted by molar-refractivity contribution is 7.89. The molecule has 1 aliphatic carbocycles. The van der Waals surface area contributed by atoms with Gasteiger partial charge in [-0.25, -0.2) is 8.42 Å². The Morgan fingerprint density at radius 1 is 1.26 bits per heavy atom. The van der Waals surface area contributed by atoms with Crippen molar-refractivity contribution in [3.05, 3.63) is 29.8 Å². The minimum Gasteiger partial charge on any atom is -0.366 e. The van der Waals surface area contributed by atoms with Gasteiger partial charge in [-0.15, -0.1) is 0 Å². The van der Waals surface area contributed by atoms with E-state index in [0.29, 0.717) is 6.54 Å². The van der Waals surface area contributed by atoms with Crippen molar-refractivity contribution in [2.45, 2.75) is 51.0 Å². The largest absolute Gasteiger partial charge is 0.366 e. The SMILES string of the molecule is CC1(C)C[C@@H]2C[C@](C)(CN2S(=O)(=O)c2cccc(C(N)=O)c2)C1. The fraction of sp³-hybridized carbons (Fsp3) is 0.588. The Morgan fingerprint density at radius 2 is 1.96 bits per heavy atom. The van der Waals surface area contributed by atoms with Crippen LogP contribution in [0.15, 0.2) is 29.2 Å². The molecule has 0 radical (unpaired) electrons. The van der Waals surface area contributed by atoms with Crippen LogP contribution in [0.2, 0.25) is 0 Å². The van der Waals surface area contributed by atoms with Crippen LogP contribution in [-0.2, 0) is 10.0 Å². The van der Waals surface area contributed by atoms with Gasteiger partial charge in [0.25, 0.3) is 0 Å². The average Bonchev–Trinajstić information content (AvgIpc) is 2.68. The molecule has 6 heteroatoms. The number of carbonyl (C=O) groups is 1. The van der Waals surface area contributed by atoms with Crippen molar-refractivity contribution in [1.29, 1.82) is 0 Å². The van der Waals surface area contributed by atoms with Gasteiger partial charge in [0.1, 0.15) is 0 Å². The van der Waals surface area contributed by atoms with Gasteiger partial charge in [-0.05, 0) is 48.3 Å². The fourth-order valence-corrected chi connectivity index (χ4v) is 6.45. The van der Waals surface area contributed by atoms with E-state index in [-0.39, 0.29) is 27.3 Å². The van der Waals surface area contributed by atoms with Crippen molar-refractivity contribution in [2.24, 2.45) is 16.6 Å². The Labute approximate surface area is 137 Å². The molecule has 1 aromatic rings. The van der Waals surface area contributed by atoms with Gasteiger partial charge in [-0.3, -0.25) is 4.79 Å². The molecular formula is C17H24N2O3S. The molecule has 126 valence electrons. The normalized spacial score (nSPS) is 30.3. The fourth-order valence-electron chi connectivity index (χ4n) is 4.63. The van der Waals surface area contributed by atoms with Crippen molar-refractivity contribution in [2.75, 3.05) is 6.54 Å². The summed E-state index contributed by atoms with van der Waals surface area (Å²) >= 11 is 0. The number of nitrogens with zero attached hydrogens (tertiary/aromatic N) is 1. The molecule has 23 heavy (non-hydrogen) atoms. The van der Waals surface area contributed by atoms with Gasteiger partial charge in [0.05, 0.1) is 4.90 Å². The number of sulfonamides is 1. The summed E-state index contributed by atoms with van der Waals surface area (Å²) < 4.78 is 27.8. The second kappa shape index (κ2) is 5.05. The van der Waals surface area contributed by atoms with Crippen LogP contribution >= 0.6 is 0 Å². The molecule has 5 nitrogen and oxygen atoms in total. The molecule has 3 rings (SSSR count). The molecule has 2 bridgehead atoms. The van der Waals surface area contributed by atoms with Crippen LogP contribution in [0, 0.1) is 10.8 Å². The molecule has 2 atom stereocenters. The van der Waals surface area contributed by atoms with E-state index in [4.69, 9.17) is 5.73 Å². The standard InChI is InChI=1S/C17H24N2O3S/c1-16(2)8-13-9-17(3,10-16)11-19(13)23(21,22)14-6-4-5-12(7-14)15(18)20/h4-7,13H,8-11H2,1-3H3,(H2,18,20)/t13-,17+/m1/s1. The molecule has 2 fully saturated rings. The maximum absolute atomic E-state index is 13.1. The van der Waals surface area contributed by atoms with Crippen LogP contribution in [0.5, 0.6) is 0 Å². The molecule has 2 N–H and O–H groups in total. The minimum absolute atomic E-state index is 0.0286. The lowest BCUT2D eigenvalue weighted by molar-refractivity contribution is 0.1000. The summed E-state index contributed by atoms with van der Waals surface area (Å²) in [6, 6.07) is 6.06. The second-order valence-electron chi connectivity index (χ2n) is 8.16. The molecule has 0 spiro atoms. The smallest absolute Gasteiger partial charge is 0.248 e. The van der Waals surface area contributed by atoms with E-state index >= 15 is 0 Å². The Morgan fingerprint density at radius 3 is 2.61 bits per heavy atom. The number of hydrogen-bond acceptors (Lipinski definition) is 3. The number of amides is 1. The van der Waals surface area contributed by atoms with Crippen molar-refractivity contribution >= 4 is 15.9 Å². The van der Waals surface area contributed by atoms with E-state index in [9.17, 15) is 13.2 Å². The summed E-state index contributed by atoms with van der Waals surface area (Å²) in [6.45, 7) is 7.14. The molecule has 1 saturated heterocycles. The molecule has 1 amide bonds. The molecule has 0 unspecified atom stereocenters. The van der Waals surface area contributed by atoms with Gasteiger partial charge < -0.3 is 5.73 Å². The number of nitrogens with two attached hydrogens (primary N) is 1. The van der Waals surface area contributed by atoms with E-state index < -0.39 is 15.9 Å². The first-order valence-electron chi connectivity index (χ1n) is 7.94. The summed E-state index contributed by atoms with van der Waals surface area (Å²) in [5.74, 6) is -0.615. The molecular weight excluding hydrogens is 312 g/mol. The van der Waals surface area contributed by atoms with Gasteiger partial charge in [0, 0.05) is 18.2 Å². The van der Waals surface area contributed by atoms with Crippen LogP contribution in [0.3, 0.4) is 0 Å². The van der Waals surface area contributed by atoms with Crippen molar-refractivity contribution in [1.82, 2.24) is 4.31 Å². The van der Waals surface area contributed by atoms with E-state index in [2.05, 4.69) is 20.8 Å². The van der Waals surface area contributed by atoms with E-state index in [1.807, 2.05) is 0 Å². The highest BCUT2D eigenvalue weighted by Crippen LogP contribution is 2.53. The zero-order valence-corrected chi connectivity index (χ0v) is 14.7. The van der Waals surface area contributed by atoms with Crippen LogP contribution in [0.4, 0.5) is 0 Å². The lowest BCUT2D eigenvalue weighted by Crippen LogP contribution is -2.37. The summed E-state index contributed by atoms with van der Waals surface area (Å²) in [5, 5.41) is 0. The van der Waals surface area contributed by atoms with E-state index in [1.165, 1.54) is 18.2 Å². The minimum atomic E-state index is -3.61. The topological polar surface area (TPSA) is 80.5 Å². The first-order chi connectivity index (χ1) is 10.5. The average molecular weight is 336 g/mol. The second-order valence-corrected chi connectivity index (χ2v) is 10.0. The summed E-state index contributed by atoms with van der Waals surface area (Å²) in [7, 11) is -3.61. The number of primary amides is 1. The van der Waals surface area contributed by atoms with Crippen molar-refractivity contribution in [3.63, 3.8) is 0 Å². The number of rotatable bonds is 3. The maximum atomic E-state index is 13.1. The molecule has 1 aromatic carbocycles. The predicted octanol–water partition coefficient (Wildman–Crippen LogP) is 2.37. The van der Waals surface area contributed by atoms with Crippen molar-refractivity contribution in [3.8, 4) is 0 Å². The van der Waals surface area contributed by atoms with Gasteiger partial charge in [0.2, 0.25) is 15.9 Å². The van der Waals surface area contributed by atoms with Gasteiger partial charge in [-0.1, -0.05) is 26.8 Å². The number of hydrogen-bond donors (Lipinski definition) is 1. The first kappa shape index (κ1) is 16.5. The lowest BCUT2D eigenvalue weighted by atomic mass is 9.65. The van der Waals surface area contributed by atoms with Crippen molar-refractivity contribution < 1.29 is 13.2 Å². The summed E-state index contributed by atoms with van der Waals surface area (Å²) in [6.07, 6.45) is 2.81. The zero-order chi connectivity index (χ0) is 17.0. The number of fused-ring (bicyclic) bond motifs is 2. The lowest BCUT2D eigenvalue weighted by Gasteiger charge is -2.39. The third kappa shape index (κ3) is 2.90. The summed E-state index contributed by atoms with van der Waals surface area (Å²) in [4.78, 5) is 11.5. The Kier molecular flexibility index (Phi) is 3.61. The maximum Gasteiger partial charge on any atom is 0.248 e. The van der Waals surface area contributed by atoms with Gasteiger partial charge in [-0.2, -0.15) is 4.31 Å². The van der Waals surface area contributed by atoms with Crippen LogP contribution in [0.25, 0.3) is 0 Å². The van der Waals surface area contributed by atoms with E-state index in [0.717, 1.165) is 19.3 Å². The first-order valence-corrected chi connectivity index (χ1v) is 9.38. The zero-order valence-electron chi connectivity index (χ0n) is 13.9. The molecule has 2 aliphatic rings. The van der Waals surface area contributed by atoms with Crippen LogP contribution in [0.1, 0.15) is 50.4 Å². The van der Waals surface area contributed by atoms with Gasteiger partial charge >= 0.3 is 0 Å². The predicted molar refractivity (Wildman–Crippen MR) is 88.4 cm³/mol. The summed E-state index contributed by atoms with van der Waals surface area (Å²) in [5.41, 5.74) is 5.67. The Balaban J connectivity index is 1.98. The monoisotopic (exact) mass is 336 g/mol. The van der Waals surface area contributed by atoms with E-state index in [1.54, 1.807) is 10.4 Å². The Hall–Kier alpha value is -1.40.